The molecule has 0 spiro atoms. The van der Waals surface area contributed by atoms with Crippen molar-refractivity contribution < 1.29 is 0 Å². The average Bonchev–Trinajstić information content (AvgIpc) is 2.86. The monoisotopic (exact) mass is 291 g/mol. The summed E-state index contributed by atoms with van der Waals surface area (Å²) in [5.74, 6) is 0.508. The highest BCUT2D eigenvalue weighted by atomic mass is 35.5. The lowest BCUT2D eigenvalue weighted by atomic mass is 9.81. The number of halogens is 1. The first-order valence-corrected chi connectivity index (χ1v) is 8.06. The third-order valence-corrected chi connectivity index (χ3v) is 5.21. The van der Waals surface area contributed by atoms with E-state index in [9.17, 15) is 0 Å². The van der Waals surface area contributed by atoms with Gasteiger partial charge >= 0.3 is 0 Å². The van der Waals surface area contributed by atoms with E-state index in [1.807, 2.05) is 29.5 Å². The molecule has 1 aromatic carbocycles. The highest BCUT2D eigenvalue weighted by Crippen LogP contribution is 2.37. The van der Waals surface area contributed by atoms with Gasteiger partial charge in [-0.25, -0.2) is 0 Å². The summed E-state index contributed by atoms with van der Waals surface area (Å²) in [7, 11) is 0. The van der Waals surface area contributed by atoms with Gasteiger partial charge < -0.3 is 5.73 Å². The van der Waals surface area contributed by atoms with Crippen LogP contribution in [0.25, 0.3) is 0 Å². The molecule has 2 N–H and O–H groups in total. The molecule has 1 nitrogen and oxygen atoms in total. The van der Waals surface area contributed by atoms with Gasteiger partial charge in [0.05, 0.1) is 0 Å². The maximum Gasteiger partial charge on any atom is 0.0408 e. The van der Waals surface area contributed by atoms with E-state index in [0.29, 0.717) is 5.92 Å². The molecule has 0 radical (unpaired) electrons. The fourth-order valence-corrected chi connectivity index (χ4v) is 4.25. The number of benzene rings is 1. The average molecular weight is 292 g/mol. The van der Waals surface area contributed by atoms with Crippen molar-refractivity contribution in [2.75, 3.05) is 0 Å². The van der Waals surface area contributed by atoms with Crippen LogP contribution in [0, 0.1) is 0 Å². The van der Waals surface area contributed by atoms with Crippen LogP contribution in [0.2, 0.25) is 5.02 Å². The second-order valence-electron chi connectivity index (χ2n) is 5.30. The van der Waals surface area contributed by atoms with E-state index in [1.54, 1.807) is 0 Å². The molecule has 0 saturated heterocycles. The smallest absolute Gasteiger partial charge is 0.0408 e. The summed E-state index contributed by atoms with van der Waals surface area (Å²) >= 11 is 7.92. The van der Waals surface area contributed by atoms with Gasteiger partial charge in [0.2, 0.25) is 0 Å². The predicted octanol–water partition coefficient (Wildman–Crippen LogP) is 4.39. The Labute approximate surface area is 123 Å². The summed E-state index contributed by atoms with van der Waals surface area (Å²) in [6, 6.07) is 10.5. The Kier molecular flexibility index (Phi) is 3.92. The van der Waals surface area contributed by atoms with E-state index in [0.717, 1.165) is 11.4 Å². The van der Waals surface area contributed by atoms with Gasteiger partial charge in [-0.05, 0) is 60.4 Å². The molecule has 3 rings (SSSR count). The van der Waals surface area contributed by atoms with Crippen LogP contribution in [0.15, 0.2) is 35.7 Å². The Bertz CT molecular complexity index is 563. The fourth-order valence-electron chi connectivity index (χ4n) is 3.05. The molecular formula is C16H18ClNS. The number of rotatable bonds is 3. The third-order valence-electron chi connectivity index (χ3n) is 3.98. The Morgan fingerprint density at radius 2 is 2.26 bits per heavy atom. The lowest BCUT2D eigenvalue weighted by Crippen LogP contribution is -2.32. The van der Waals surface area contributed by atoms with Crippen molar-refractivity contribution in [3.05, 3.63) is 56.7 Å². The van der Waals surface area contributed by atoms with Gasteiger partial charge in [-0.1, -0.05) is 23.7 Å². The highest BCUT2D eigenvalue weighted by molar-refractivity contribution is 7.10. The van der Waals surface area contributed by atoms with Gasteiger partial charge in [-0.2, -0.15) is 0 Å². The summed E-state index contributed by atoms with van der Waals surface area (Å²) in [6.45, 7) is 0. The van der Waals surface area contributed by atoms with Crippen LogP contribution >= 0.6 is 22.9 Å². The van der Waals surface area contributed by atoms with Crippen LogP contribution in [-0.2, 0) is 12.8 Å². The number of thiophene rings is 1. The van der Waals surface area contributed by atoms with Crippen molar-refractivity contribution in [2.24, 2.45) is 5.73 Å². The molecule has 0 bridgehead atoms. The topological polar surface area (TPSA) is 26.0 Å². The molecule has 0 saturated carbocycles. The first-order valence-electron chi connectivity index (χ1n) is 6.80. The normalized spacial score (nSPS) is 20.0. The van der Waals surface area contributed by atoms with Crippen LogP contribution in [0.4, 0.5) is 0 Å². The molecule has 1 aliphatic carbocycles. The molecule has 0 amide bonds. The Morgan fingerprint density at radius 1 is 1.37 bits per heavy atom. The van der Waals surface area contributed by atoms with Crippen LogP contribution in [0.5, 0.6) is 0 Å². The number of hydrogen-bond donors (Lipinski definition) is 1. The minimum Gasteiger partial charge on any atom is -0.327 e. The molecule has 0 fully saturated rings. The van der Waals surface area contributed by atoms with Crippen molar-refractivity contribution >= 4 is 22.9 Å². The van der Waals surface area contributed by atoms with E-state index in [-0.39, 0.29) is 6.04 Å². The van der Waals surface area contributed by atoms with E-state index < -0.39 is 0 Å². The highest BCUT2D eigenvalue weighted by Gasteiger charge is 2.26. The largest absolute Gasteiger partial charge is 0.327 e. The van der Waals surface area contributed by atoms with Gasteiger partial charge in [0.1, 0.15) is 0 Å². The summed E-state index contributed by atoms with van der Waals surface area (Å²) in [5, 5.41) is 3.00. The molecule has 2 atom stereocenters. The van der Waals surface area contributed by atoms with Gasteiger partial charge in [-0.3, -0.25) is 0 Å². The van der Waals surface area contributed by atoms with E-state index in [2.05, 4.69) is 17.5 Å². The third kappa shape index (κ3) is 2.86. The zero-order chi connectivity index (χ0) is 13.2. The molecule has 1 aromatic heterocycles. The summed E-state index contributed by atoms with van der Waals surface area (Å²) in [4.78, 5) is 1.54. The van der Waals surface area contributed by atoms with Crippen molar-refractivity contribution in [3.8, 4) is 0 Å². The van der Waals surface area contributed by atoms with Gasteiger partial charge in [0, 0.05) is 21.9 Å². The molecule has 3 heteroatoms. The Hall–Kier alpha value is -0.830. The summed E-state index contributed by atoms with van der Waals surface area (Å²) < 4.78 is 0. The zero-order valence-electron chi connectivity index (χ0n) is 10.8. The lowest BCUT2D eigenvalue weighted by molar-refractivity contribution is 0.464. The maximum atomic E-state index is 6.47. The Morgan fingerprint density at radius 3 is 3.11 bits per heavy atom. The number of fused-ring (bicyclic) bond motifs is 1. The minimum absolute atomic E-state index is 0.187. The standard InChI is InChI=1S/C16H18ClNS/c17-12-4-1-3-11(9-12)10-15(18)13-5-2-6-16-14(13)7-8-19-16/h1,3-4,7-9,13,15H,2,5-6,10,18H2. The molecule has 1 heterocycles. The molecule has 0 aliphatic heterocycles. The van der Waals surface area contributed by atoms with Crippen molar-refractivity contribution in [2.45, 2.75) is 37.6 Å². The summed E-state index contributed by atoms with van der Waals surface area (Å²) in [5.41, 5.74) is 9.20. The van der Waals surface area contributed by atoms with Crippen molar-refractivity contribution in [1.29, 1.82) is 0 Å². The first kappa shape index (κ1) is 13.2. The minimum atomic E-state index is 0.187. The second-order valence-corrected chi connectivity index (χ2v) is 6.73. The van der Waals surface area contributed by atoms with Crippen LogP contribution in [-0.4, -0.2) is 6.04 Å². The van der Waals surface area contributed by atoms with Crippen molar-refractivity contribution in [3.63, 3.8) is 0 Å². The molecule has 2 aromatic rings. The van der Waals surface area contributed by atoms with Crippen molar-refractivity contribution in [1.82, 2.24) is 0 Å². The SMILES string of the molecule is NC(Cc1cccc(Cl)c1)C1CCCc2sccc21. The lowest BCUT2D eigenvalue weighted by Gasteiger charge is -2.28. The molecule has 100 valence electrons. The van der Waals surface area contributed by atoms with E-state index >= 15 is 0 Å². The number of hydrogen-bond acceptors (Lipinski definition) is 2. The van der Waals surface area contributed by atoms with Crippen LogP contribution < -0.4 is 5.73 Å². The summed E-state index contributed by atoms with van der Waals surface area (Å²) in [6.07, 6.45) is 4.61. The Balaban J connectivity index is 1.77. The first-order chi connectivity index (χ1) is 9.24. The predicted molar refractivity (Wildman–Crippen MR) is 83.1 cm³/mol. The van der Waals surface area contributed by atoms with Gasteiger partial charge in [0.15, 0.2) is 0 Å². The van der Waals surface area contributed by atoms with Gasteiger partial charge in [0.25, 0.3) is 0 Å². The van der Waals surface area contributed by atoms with Crippen LogP contribution in [0.3, 0.4) is 0 Å². The number of aryl methyl sites for hydroxylation is 1. The molecule has 1 aliphatic rings. The molecule has 19 heavy (non-hydrogen) atoms. The van der Waals surface area contributed by atoms with E-state index in [4.69, 9.17) is 17.3 Å². The molecule has 2 unspecified atom stereocenters. The molecular weight excluding hydrogens is 274 g/mol. The van der Waals surface area contributed by atoms with Crippen LogP contribution in [0.1, 0.15) is 34.8 Å². The second kappa shape index (κ2) is 5.66. The maximum absolute atomic E-state index is 6.47. The van der Waals surface area contributed by atoms with Gasteiger partial charge in [-0.15, -0.1) is 11.3 Å². The quantitative estimate of drug-likeness (QED) is 0.892. The number of nitrogens with two attached hydrogens (primary N) is 1. The zero-order valence-corrected chi connectivity index (χ0v) is 12.4. The fraction of sp³-hybridized carbons (Fsp3) is 0.375. The van der Waals surface area contributed by atoms with E-state index in [1.165, 1.54) is 35.3 Å².